The molecule has 1 aliphatic rings. The number of nitrogens with zero attached hydrogens (tertiary/aromatic N) is 1. The molecule has 0 fully saturated rings. The predicted octanol–water partition coefficient (Wildman–Crippen LogP) is 3.82. The maximum absolute atomic E-state index is 13.5. The van der Waals surface area contributed by atoms with E-state index in [0.29, 0.717) is 19.5 Å². The van der Waals surface area contributed by atoms with Crippen LogP contribution in [0.5, 0.6) is 0 Å². The summed E-state index contributed by atoms with van der Waals surface area (Å²) in [6.45, 7) is 1.28. The predicted molar refractivity (Wildman–Crippen MR) is 92.1 cm³/mol. The van der Waals surface area contributed by atoms with Crippen LogP contribution in [0.4, 0.5) is 4.39 Å². The molecule has 0 spiro atoms. The smallest absolute Gasteiger partial charge is 0.223 e. The highest BCUT2D eigenvalue weighted by atomic mass is 19.1. The number of carbonyl (C=O) groups is 1. The fourth-order valence-electron chi connectivity index (χ4n) is 3.48. The van der Waals surface area contributed by atoms with E-state index in [4.69, 9.17) is 0 Å². The van der Waals surface area contributed by atoms with Gasteiger partial charge >= 0.3 is 0 Å². The summed E-state index contributed by atoms with van der Waals surface area (Å²) in [7, 11) is 0. The van der Waals surface area contributed by atoms with Crippen LogP contribution in [0.2, 0.25) is 0 Å². The van der Waals surface area contributed by atoms with Crippen LogP contribution in [0.3, 0.4) is 0 Å². The number of rotatable bonds is 3. The van der Waals surface area contributed by atoms with Gasteiger partial charge in [-0.1, -0.05) is 30.3 Å². The first kappa shape index (κ1) is 14.9. The first-order valence-corrected chi connectivity index (χ1v) is 8.31. The van der Waals surface area contributed by atoms with Gasteiger partial charge < -0.3 is 9.88 Å². The standard InChI is InChI=1S/C20H19FN2O/c21-15-7-8-18-17(12-15)16-10-11-23(13-19(16)22-18)20(24)9-6-14-4-2-1-3-5-14/h1-5,7-8,12,22H,6,9-11,13H2. The quantitative estimate of drug-likeness (QED) is 0.782. The molecule has 0 saturated carbocycles. The molecule has 1 N–H and O–H groups in total. The van der Waals surface area contributed by atoms with Crippen molar-refractivity contribution in [1.82, 2.24) is 9.88 Å². The summed E-state index contributed by atoms with van der Waals surface area (Å²) in [6, 6.07) is 14.9. The third-order valence-corrected chi connectivity index (χ3v) is 4.76. The Morgan fingerprint density at radius 2 is 2.00 bits per heavy atom. The third kappa shape index (κ3) is 2.80. The lowest BCUT2D eigenvalue weighted by Gasteiger charge is -2.27. The molecule has 24 heavy (non-hydrogen) atoms. The number of hydrogen-bond donors (Lipinski definition) is 1. The molecule has 0 aliphatic carbocycles. The SMILES string of the molecule is O=C(CCc1ccccc1)N1CCc2c([nH]c3ccc(F)cc23)C1. The molecule has 3 aromatic rings. The van der Waals surface area contributed by atoms with E-state index in [2.05, 4.69) is 4.98 Å². The Morgan fingerprint density at radius 3 is 2.83 bits per heavy atom. The number of nitrogens with one attached hydrogen (secondary N) is 1. The van der Waals surface area contributed by atoms with Crippen molar-refractivity contribution in [3.05, 3.63) is 71.2 Å². The van der Waals surface area contributed by atoms with Crippen molar-refractivity contribution in [2.45, 2.75) is 25.8 Å². The summed E-state index contributed by atoms with van der Waals surface area (Å²) in [5.74, 6) is -0.0417. The van der Waals surface area contributed by atoms with Crippen molar-refractivity contribution in [1.29, 1.82) is 0 Å². The largest absolute Gasteiger partial charge is 0.357 e. The van der Waals surface area contributed by atoms with Crippen LogP contribution in [-0.4, -0.2) is 22.3 Å². The van der Waals surface area contributed by atoms with Gasteiger partial charge in [-0.05, 0) is 42.2 Å². The highest BCUT2D eigenvalue weighted by Gasteiger charge is 2.23. The molecular weight excluding hydrogens is 303 g/mol. The number of halogens is 1. The maximum atomic E-state index is 13.5. The fourth-order valence-corrected chi connectivity index (χ4v) is 3.48. The van der Waals surface area contributed by atoms with Crippen LogP contribution < -0.4 is 0 Å². The zero-order chi connectivity index (χ0) is 16.5. The number of benzene rings is 2. The number of fused-ring (bicyclic) bond motifs is 3. The molecule has 0 radical (unpaired) electrons. The second-order valence-corrected chi connectivity index (χ2v) is 6.32. The molecule has 4 heteroatoms. The van der Waals surface area contributed by atoms with Gasteiger partial charge in [-0.15, -0.1) is 0 Å². The molecule has 2 heterocycles. The van der Waals surface area contributed by atoms with Gasteiger partial charge in [-0.25, -0.2) is 4.39 Å². The van der Waals surface area contributed by atoms with Gasteiger partial charge in [0, 0.05) is 29.6 Å². The van der Waals surface area contributed by atoms with E-state index in [1.165, 1.54) is 11.6 Å². The average molecular weight is 322 g/mol. The van der Waals surface area contributed by atoms with Gasteiger partial charge in [0.2, 0.25) is 5.91 Å². The molecular formula is C20H19FN2O. The van der Waals surface area contributed by atoms with Crippen molar-refractivity contribution in [3.63, 3.8) is 0 Å². The van der Waals surface area contributed by atoms with E-state index in [0.717, 1.165) is 35.0 Å². The molecule has 2 aromatic carbocycles. The Morgan fingerprint density at radius 1 is 1.17 bits per heavy atom. The fraction of sp³-hybridized carbons (Fsp3) is 0.250. The van der Waals surface area contributed by atoms with Crippen LogP contribution in [-0.2, 0) is 24.2 Å². The Balaban J connectivity index is 1.47. The normalized spacial score (nSPS) is 14.0. The number of aryl methyl sites for hydroxylation is 1. The van der Waals surface area contributed by atoms with Gasteiger partial charge in [0.1, 0.15) is 5.82 Å². The van der Waals surface area contributed by atoms with E-state index in [9.17, 15) is 9.18 Å². The number of carbonyl (C=O) groups excluding carboxylic acids is 1. The summed E-state index contributed by atoms with van der Waals surface area (Å²) in [6.07, 6.45) is 2.06. The van der Waals surface area contributed by atoms with Gasteiger partial charge in [-0.2, -0.15) is 0 Å². The molecule has 122 valence electrons. The Hall–Kier alpha value is -2.62. The van der Waals surface area contributed by atoms with E-state index in [-0.39, 0.29) is 11.7 Å². The van der Waals surface area contributed by atoms with Crippen molar-refractivity contribution in [3.8, 4) is 0 Å². The number of amides is 1. The average Bonchev–Trinajstić information content (AvgIpc) is 2.97. The van der Waals surface area contributed by atoms with Crippen LogP contribution in [0.25, 0.3) is 10.9 Å². The lowest BCUT2D eigenvalue weighted by atomic mass is 10.0. The molecule has 3 nitrogen and oxygen atoms in total. The van der Waals surface area contributed by atoms with Gasteiger partial charge in [0.15, 0.2) is 0 Å². The molecule has 1 aromatic heterocycles. The monoisotopic (exact) mass is 322 g/mol. The van der Waals surface area contributed by atoms with Crippen LogP contribution in [0.1, 0.15) is 23.2 Å². The molecule has 1 amide bonds. The van der Waals surface area contributed by atoms with Crippen molar-refractivity contribution >= 4 is 16.8 Å². The van der Waals surface area contributed by atoms with Crippen LogP contribution in [0, 0.1) is 5.82 Å². The summed E-state index contributed by atoms with van der Waals surface area (Å²) in [5, 5.41) is 0.946. The third-order valence-electron chi connectivity index (χ3n) is 4.76. The molecule has 0 bridgehead atoms. The van der Waals surface area contributed by atoms with Gasteiger partial charge in [0.25, 0.3) is 0 Å². The van der Waals surface area contributed by atoms with Crippen LogP contribution in [0.15, 0.2) is 48.5 Å². The lowest BCUT2D eigenvalue weighted by molar-refractivity contribution is -0.132. The van der Waals surface area contributed by atoms with Crippen molar-refractivity contribution in [2.24, 2.45) is 0 Å². The van der Waals surface area contributed by atoms with Crippen LogP contribution >= 0.6 is 0 Å². The molecule has 0 atom stereocenters. The number of hydrogen-bond acceptors (Lipinski definition) is 1. The maximum Gasteiger partial charge on any atom is 0.223 e. The Labute approximate surface area is 140 Å². The summed E-state index contributed by atoms with van der Waals surface area (Å²) < 4.78 is 13.5. The highest BCUT2D eigenvalue weighted by molar-refractivity contribution is 5.85. The Kier molecular flexibility index (Phi) is 3.81. The lowest BCUT2D eigenvalue weighted by Crippen LogP contribution is -2.36. The minimum Gasteiger partial charge on any atom is -0.357 e. The molecule has 1 aliphatic heterocycles. The Bertz CT molecular complexity index is 885. The minimum atomic E-state index is -0.217. The zero-order valence-electron chi connectivity index (χ0n) is 13.4. The second kappa shape index (κ2) is 6.11. The zero-order valence-corrected chi connectivity index (χ0v) is 13.4. The first-order valence-electron chi connectivity index (χ1n) is 8.31. The second-order valence-electron chi connectivity index (χ2n) is 6.32. The summed E-state index contributed by atoms with van der Waals surface area (Å²) >= 11 is 0. The summed E-state index contributed by atoms with van der Waals surface area (Å²) in [5.41, 5.74) is 4.32. The number of aromatic amines is 1. The van der Waals surface area contributed by atoms with Crippen molar-refractivity contribution < 1.29 is 9.18 Å². The molecule has 0 unspecified atom stereocenters. The van der Waals surface area contributed by atoms with Gasteiger partial charge in [-0.3, -0.25) is 4.79 Å². The first-order chi connectivity index (χ1) is 11.7. The van der Waals surface area contributed by atoms with E-state index < -0.39 is 0 Å². The summed E-state index contributed by atoms with van der Waals surface area (Å²) in [4.78, 5) is 17.7. The van der Waals surface area contributed by atoms with E-state index in [1.807, 2.05) is 35.2 Å². The number of aromatic nitrogens is 1. The minimum absolute atomic E-state index is 0.175. The molecule has 4 rings (SSSR count). The highest BCUT2D eigenvalue weighted by Crippen LogP contribution is 2.28. The topological polar surface area (TPSA) is 36.1 Å². The van der Waals surface area contributed by atoms with E-state index >= 15 is 0 Å². The number of H-pyrrole nitrogens is 1. The molecule has 0 saturated heterocycles. The van der Waals surface area contributed by atoms with E-state index in [1.54, 1.807) is 12.1 Å². The van der Waals surface area contributed by atoms with Crippen molar-refractivity contribution in [2.75, 3.05) is 6.54 Å². The van der Waals surface area contributed by atoms with Gasteiger partial charge in [0.05, 0.1) is 6.54 Å².